The zero-order valence-electron chi connectivity index (χ0n) is 14.2. The maximum absolute atomic E-state index is 11.5. The molecule has 0 atom stereocenters. The van der Waals surface area contributed by atoms with Gasteiger partial charge >= 0.3 is 0 Å². The Morgan fingerprint density at radius 2 is 1.92 bits per heavy atom. The third kappa shape index (κ3) is 4.85. The predicted molar refractivity (Wildman–Crippen MR) is 100 cm³/mol. The largest absolute Gasteiger partial charge is 0.460 e. The molecule has 25 heavy (non-hydrogen) atoms. The Hall–Kier alpha value is -1.34. The Balaban J connectivity index is 1.47. The van der Waals surface area contributed by atoms with Crippen molar-refractivity contribution in [3.63, 3.8) is 0 Å². The van der Waals surface area contributed by atoms with E-state index in [1.807, 2.05) is 36.4 Å². The second-order valence-electron chi connectivity index (χ2n) is 6.48. The normalized spacial score (nSPS) is 17.0. The molecule has 1 N–H and O–H groups in total. The first-order valence-corrected chi connectivity index (χ1v) is 10.7. The van der Waals surface area contributed by atoms with E-state index in [2.05, 4.69) is 5.32 Å². The number of rotatable bonds is 6. The van der Waals surface area contributed by atoms with E-state index in [1.54, 1.807) is 4.31 Å². The van der Waals surface area contributed by atoms with Crippen LogP contribution in [0.1, 0.15) is 18.6 Å². The molecule has 1 aliphatic heterocycles. The van der Waals surface area contributed by atoms with Gasteiger partial charge in [-0.1, -0.05) is 23.7 Å². The van der Waals surface area contributed by atoms with Gasteiger partial charge in [-0.05, 0) is 49.6 Å². The highest BCUT2D eigenvalue weighted by Gasteiger charge is 2.24. The number of piperidine rings is 1. The van der Waals surface area contributed by atoms with Gasteiger partial charge < -0.3 is 9.73 Å². The fourth-order valence-electron chi connectivity index (χ4n) is 3.12. The lowest BCUT2D eigenvalue weighted by atomic mass is 9.98. The number of nitrogens with one attached hydrogen (secondary N) is 1. The van der Waals surface area contributed by atoms with E-state index < -0.39 is 10.0 Å². The molecular formula is C18H23ClN2O3S. The first kappa shape index (κ1) is 18.5. The van der Waals surface area contributed by atoms with E-state index in [0.717, 1.165) is 36.5 Å². The van der Waals surface area contributed by atoms with Crippen molar-refractivity contribution in [1.29, 1.82) is 0 Å². The lowest BCUT2D eigenvalue weighted by Gasteiger charge is -2.30. The number of furan rings is 1. The third-order valence-corrected chi connectivity index (χ3v) is 6.21. The van der Waals surface area contributed by atoms with Crippen molar-refractivity contribution < 1.29 is 12.8 Å². The van der Waals surface area contributed by atoms with Crippen molar-refractivity contribution in [3.05, 3.63) is 47.2 Å². The summed E-state index contributed by atoms with van der Waals surface area (Å²) in [7, 11) is -3.05. The minimum Gasteiger partial charge on any atom is -0.460 e. The van der Waals surface area contributed by atoms with Gasteiger partial charge in [-0.25, -0.2) is 12.7 Å². The lowest BCUT2D eigenvalue weighted by Crippen LogP contribution is -2.40. The molecule has 7 heteroatoms. The number of halogens is 1. The van der Waals surface area contributed by atoms with Crippen LogP contribution in [-0.4, -0.2) is 38.6 Å². The molecule has 0 radical (unpaired) electrons. The SMILES string of the molecule is CS(=O)(=O)N1CCC(CNCc2ccc(-c3ccccc3Cl)o2)CC1. The van der Waals surface area contributed by atoms with Gasteiger partial charge in [-0.15, -0.1) is 0 Å². The second kappa shape index (κ2) is 7.91. The zero-order chi connectivity index (χ0) is 17.9. The van der Waals surface area contributed by atoms with Gasteiger partial charge in [-0.2, -0.15) is 0 Å². The third-order valence-electron chi connectivity index (χ3n) is 4.58. The van der Waals surface area contributed by atoms with Crippen LogP contribution in [0.4, 0.5) is 0 Å². The molecule has 0 amide bonds. The standard InChI is InChI=1S/C18H23ClN2O3S/c1-25(22,23)21-10-8-14(9-11-21)12-20-13-15-6-7-18(24-15)16-4-2-3-5-17(16)19/h2-7,14,20H,8-13H2,1H3. The number of benzene rings is 1. The molecule has 1 aliphatic rings. The van der Waals surface area contributed by atoms with Crippen LogP contribution in [0, 0.1) is 5.92 Å². The Bertz CT molecular complexity index is 811. The summed E-state index contributed by atoms with van der Waals surface area (Å²) >= 11 is 6.20. The predicted octanol–water partition coefficient (Wildman–Crippen LogP) is 3.36. The summed E-state index contributed by atoms with van der Waals surface area (Å²) in [6, 6.07) is 11.5. The van der Waals surface area contributed by atoms with Crippen molar-refractivity contribution in [2.45, 2.75) is 19.4 Å². The molecule has 5 nitrogen and oxygen atoms in total. The van der Waals surface area contributed by atoms with Gasteiger partial charge in [0.2, 0.25) is 10.0 Å². The lowest BCUT2D eigenvalue weighted by molar-refractivity contribution is 0.267. The van der Waals surface area contributed by atoms with Gasteiger partial charge in [0.05, 0.1) is 17.8 Å². The van der Waals surface area contributed by atoms with Crippen LogP contribution in [0.15, 0.2) is 40.8 Å². The van der Waals surface area contributed by atoms with Crippen LogP contribution in [0.5, 0.6) is 0 Å². The molecule has 2 heterocycles. The molecule has 136 valence electrons. The number of hydrogen-bond donors (Lipinski definition) is 1. The average Bonchev–Trinajstić information content (AvgIpc) is 3.03. The summed E-state index contributed by atoms with van der Waals surface area (Å²) in [5, 5.41) is 4.08. The number of hydrogen-bond acceptors (Lipinski definition) is 4. The second-order valence-corrected chi connectivity index (χ2v) is 8.87. The molecule has 3 rings (SSSR count). The Kier molecular flexibility index (Phi) is 5.84. The molecule has 1 saturated heterocycles. The Morgan fingerprint density at radius 3 is 2.60 bits per heavy atom. The van der Waals surface area contributed by atoms with Crippen LogP contribution in [0.3, 0.4) is 0 Å². The summed E-state index contributed by atoms with van der Waals surface area (Å²) in [6.07, 6.45) is 3.06. The number of nitrogens with zero attached hydrogens (tertiary/aromatic N) is 1. The van der Waals surface area contributed by atoms with Crippen molar-refractivity contribution in [1.82, 2.24) is 9.62 Å². The van der Waals surface area contributed by atoms with Crippen molar-refractivity contribution in [2.24, 2.45) is 5.92 Å². The zero-order valence-corrected chi connectivity index (χ0v) is 15.8. The van der Waals surface area contributed by atoms with Crippen LogP contribution in [0.25, 0.3) is 11.3 Å². The van der Waals surface area contributed by atoms with Crippen LogP contribution in [0.2, 0.25) is 5.02 Å². The summed E-state index contributed by atoms with van der Waals surface area (Å²) in [6.45, 7) is 2.74. The van der Waals surface area contributed by atoms with E-state index in [0.29, 0.717) is 30.6 Å². The smallest absolute Gasteiger partial charge is 0.211 e. The van der Waals surface area contributed by atoms with Crippen molar-refractivity contribution in [3.8, 4) is 11.3 Å². The van der Waals surface area contributed by atoms with Gasteiger partial charge in [0.25, 0.3) is 0 Å². The Labute approximate surface area is 154 Å². The van der Waals surface area contributed by atoms with Crippen LogP contribution >= 0.6 is 11.6 Å². The minimum atomic E-state index is -3.05. The quantitative estimate of drug-likeness (QED) is 0.832. The van der Waals surface area contributed by atoms with Crippen LogP contribution in [-0.2, 0) is 16.6 Å². The molecule has 1 aromatic heterocycles. The molecule has 0 unspecified atom stereocenters. The van der Waals surface area contributed by atoms with E-state index in [-0.39, 0.29) is 0 Å². The molecule has 0 bridgehead atoms. The van der Waals surface area contributed by atoms with Crippen LogP contribution < -0.4 is 5.32 Å². The monoisotopic (exact) mass is 382 g/mol. The van der Waals surface area contributed by atoms with Gasteiger partial charge in [0.15, 0.2) is 0 Å². The fourth-order valence-corrected chi connectivity index (χ4v) is 4.23. The molecule has 2 aromatic rings. The molecule has 0 saturated carbocycles. The molecule has 0 aliphatic carbocycles. The van der Waals surface area contributed by atoms with E-state index >= 15 is 0 Å². The molecular weight excluding hydrogens is 360 g/mol. The minimum absolute atomic E-state index is 0.496. The molecule has 0 spiro atoms. The first-order valence-electron chi connectivity index (χ1n) is 8.43. The van der Waals surface area contributed by atoms with Gasteiger partial charge in [0.1, 0.15) is 11.5 Å². The molecule has 1 aromatic carbocycles. The number of sulfonamides is 1. The van der Waals surface area contributed by atoms with Gasteiger partial charge in [0, 0.05) is 18.7 Å². The highest BCUT2D eigenvalue weighted by Crippen LogP contribution is 2.29. The maximum Gasteiger partial charge on any atom is 0.211 e. The summed E-state index contributed by atoms with van der Waals surface area (Å²) in [5.41, 5.74) is 0.892. The fraction of sp³-hybridized carbons (Fsp3) is 0.444. The van der Waals surface area contributed by atoms with E-state index in [9.17, 15) is 8.42 Å². The first-order chi connectivity index (χ1) is 11.9. The summed E-state index contributed by atoms with van der Waals surface area (Å²) in [5.74, 6) is 2.13. The Morgan fingerprint density at radius 1 is 1.20 bits per heavy atom. The topological polar surface area (TPSA) is 62.6 Å². The summed E-state index contributed by atoms with van der Waals surface area (Å²) < 4.78 is 30.5. The van der Waals surface area contributed by atoms with Crippen molar-refractivity contribution in [2.75, 3.05) is 25.9 Å². The summed E-state index contributed by atoms with van der Waals surface area (Å²) in [4.78, 5) is 0. The van der Waals surface area contributed by atoms with Gasteiger partial charge in [-0.3, -0.25) is 0 Å². The van der Waals surface area contributed by atoms with Crippen molar-refractivity contribution >= 4 is 21.6 Å². The highest BCUT2D eigenvalue weighted by atomic mass is 35.5. The van der Waals surface area contributed by atoms with E-state index in [4.69, 9.17) is 16.0 Å². The van der Waals surface area contributed by atoms with E-state index in [1.165, 1.54) is 6.26 Å². The maximum atomic E-state index is 11.5. The average molecular weight is 383 g/mol. The molecule has 1 fully saturated rings. The highest BCUT2D eigenvalue weighted by molar-refractivity contribution is 7.88.